The van der Waals surface area contributed by atoms with Crippen molar-refractivity contribution in [2.45, 2.75) is 116 Å². The van der Waals surface area contributed by atoms with Gasteiger partial charge in [-0.05, 0) is 64.8 Å². The first-order valence-electron chi connectivity index (χ1n) is 18.4. The van der Waals surface area contributed by atoms with E-state index < -0.39 is 78.6 Å². The number of aldehydes is 1. The van der Waals surface area contributed by atoms with Crippen LogP contribution in [0.15, 0.2) is 66.3 Å². The van der Waals surface area contributed by atoms with Crippen LogP contribution in [0.5, 0.6) is 0 Å². The zero-order chi connectivity index (χ0) is 38.4. The highest BCUT2D eigenvalue weighted by molar-refractivity contribution is 5.91. The van der Waals surface area contributed by atoms with E-state index in [-0.39, 0.29) is 25.0 Å². The highest BCUT2D eigenvalue weighted by Gasteiger charge is 2.48. The molecule has 1 saturated heterocycles. The van der Waals surface area contributed by atoms with Gasteiger partial charge in [-0.1, -0.05) is 81.0 Å². The van der Waals surface area contributed by atoms with E-state index in [1.807, 2.05) is 56.3 Å². The maximum atomic E-state index is 13.3. The van der Waals surface area contributed by atoms with E-state index in [1.165, 1.54) is 11.6 Å². The molecule has 12 atom stereocenters. The summed E-state index contributed by atoms with van der Waals surface area (Å²) in [6, 6.07) is 11.7. The van der Waals surface area contributed by atoms with Gasteiger partial charge >= 0.3 is 5.97 Å². The topological polar surface area (TPSA) is 156 Å². The second-order valence-electron chi connectivity index (χ2n) is 14.4. The summed E-state index contributed by atoms with van der Waals surface area (Å²) in [5, 5.41) is 33.0. The Labute approximate surface area is 309 Å². The molecule has 0 bridgehead atoms. The Morgan fingerprint density at radius 2 is 1.77 bits per heavy atom. The van der Waals surface area contributed by atoms with Crippen molar-refractivity contribution < 1.29 is 43.5 Å². The number of nitriles is 1. The molecule has 286 valence electrons. The molecule has 0 amide bonds. The van der Waals surface area contributed by atoms with Gasteiger partial charge in [0.15, 0.2) is 12.1 Å². The normalized spacial score (nSPS) is 35.8. The molecule has 0 saturated carbocycles. The van der Waals surface area contributed by atoms with Crippen molar-refractivity contribution in [1.82, 2.24) is 4.90 Å². The van der Waals surface area contributed by atoms with Crippen LogP contribution in [0.1, 0.15) is 65.9 Å². The monoisotopic (exact) mass is 722 g/mol. The number of rotatable bonds is 11. The highest BCUT2D eigenvalue weighted by Crippen LogP contribution is 2.35. The van der Waals surface area contributed by atoms with E-state index in [0.29, 0.717) is 18.6 Å². The zero-order valence-corrected chi connectivity index (χ0v) is 31.7. The molecule has 52 heavy (non-hydrogen) atoms. The highest BCUT2D eigenvalue weighted by atomic mass is 16.7. The van der Waals surface area contributed by atoms with E-state index in [1.54, 1.807) is 39.8 Å². The van der Waals surface area contributed by atoms with Crippen molar-refractivity contribution in [1.29, 1.82) is 5.26 Å². The second-order valence-corrected chi connectivity index (χ2v) is 14.4. The van der Waals surface area contributed by atoms with E-state index in [9.17, 15) is 29.9 Å². The van der Waals surface area contributed by atoms with E-state index in [4.69, 9.17) is 18.9 Å². The van der Waals surface area contributed by atoms with Gasteiger partial charge in [0.2, 0.25) is 0 Å². The predicted molar refractivity (Wildman–Crippen MR) is 197 cm³/mol. The number of cyclic esters (lactones) is 1. The maximum absolute atomic E-state index is 13.3. The molecule has 0 radical (unpaired) electrons. The number of nitrogens with zero attached hydrogens (tertiary/aromatic N) is 2. The van der Waals surface area contributed by atoms with E-state index >= 15 is 0 Å². The van der Waals surface area contributed by atoms with Crippen molar-refractivity contribution >= 4 is 18.0 Å². The van der Waals surface area contributed by atoms with Crippen molar-refractivity contribution in [2.24, 2.45) is 23.7 Å². The zero-order valence-electron chi connectivity index (χ0n) is 31.7. The average molecular weight is 723 g/mol. The lowest BCUT2D eigenvalue weighted by Crippen LogP contribution is -2.64. The third kappa shape index (κ3) is 12.3. The lowest BCUT2D eigenvalue weighted by molar-refractivity contribution is -0.308. The molecule has 2 aliphatic heterocycles. The smallest absolute Gasteiger partial charge is 0.308 e. The van der Waals surface area contributed by atoms with Crippen LogP contribution in [0, 0.1) is 35.0 Å². The first-order chi connectivity index (χ1) is 24.8. The van der Waals surface area contributed by atoms with Crippen LogP contribution < -0.4 is 0 Å². The maximum Gasteiger partial charge on any atom is 0.308 e. The van der Waals surface area contributed by atoms with Gasteiger partial charge in [0, 0.05) is 18.3 Å². The predicted octanol–water partition coefficient (Wildman–Crippen LogP) is 4.76. The molecule has 1 aromatic rings. The van der Waals surface area contributed by atoms with Crippen molar-refractivity contribution in [3.8, 4) is 6.07 Å². The van der Waals surface area contributed by atoms with Crippen LogP contribution in [0.3, 0.4) is 0 Å². The van der Waals surface area contributed by atoms with Crippen molar-refractivity contribution in [3.05, 3.63) is 71.8 Å². The second kappa shape index (κ2) is 21.3. The number of aliphatic hydroxyl groups excluding tert-OH is 2. The summed E-state index contributed by atoms with van der Waals surface area (Å²) in [6.07, 6.45) is 4.08. The van der Waals surface area contributed by atoms with Gasteiger partial charge < -0.3 is 38.9 Å². The number of ketones is 1. The Bertz CT molecular complexity index is 1420. The molecule has 11 nitrogen and oxygen atoms in total. The molecule has 1 fully saturated rings. The summed E-state index contributed by atoms with van der Waals surface area (Å²) in [5.74, 6) is -3.48. The summed E-state index contributed by atoms with van der Waals surface area (Å²) < 4.78 is 24.8. The minimum Gasteiger partial charge on any atom is -0.461 e. The number of benzene rings is 1. The third-order valence-electron chi connectivity index (χ3n) is 10.1. The number of hydrogen-bond donors (Lipinski definition) is 2. The Hall–Kier alpha value is -3.50. The number of aliphatic hydroxyl groups is 2. The standard InChI is InChI=1S/C41H58N2O9/c1-8-35-32(25-42)22-26(2)17-18-33(45)27(3)23-31(19-20-44)39(28(4)34(46)24-36(47)51-35)52-41-38(48)37(43(6)7)40(29(5)50-41)49-21-13-12-16-30-14-10-9-11-15-30/h9-15,17-18,20,22,27-29,31-32,34-35,37-41,46,48H,8,16,19,21,23-24H2,1-7H3/b13-12+,18-17+,26-22+/t27-,28+,29-,31+,32-,34-,35-,37-,38-,39-,40-,41+/m1/s1. The molecule has 2 N–H and O–H groups in total. The fourth-order valence-electron chi connectivity index (χ4n) is 7.04. The molecule has 0 unspecified atom stereocenters. The number of ether oxygens (including phenoxy) is 4. The van der Waals surface area contributed by atoms with Crippen LogP contribution in [0.2, 0.25) is 0 Å². The molecular weight excluding hydrogens is 664 g/mol. The van der Waals surface area contributed by atoms with Gasteiger partial charge in [-0.3, -0.25) is 9.59 Å². The summed E-state index contributed by atoms with van der Waals surface area (Å²) >= 11 is 0. The summed E-state index contributed by atoms with van der Waals surface area (Å²) in [4.78, 5) is 40.3. The van der Waals surface area contributed by atoms with Gasteiger partial charge in [0.1, 0.15) is 30.5 Å². The molecule has 0 aromatic heterocycles. The van der Waals surface area contributed by atoms with Gasteiger partial charge in [-0.2, -0.15) is 5.26 Å². The number of hydrogen-bond acceptors (Lipinski definition) is 11. The number of esters is 1. The summed E-state index contributed by atoms with van der Waals surface area (Å²) in [5.41, 5.74) is 1.84. The first kappa shape index (κ1) is 42.9. The van der Waals surface area contributed by atoms with E-state index in [2.05, 4.69) is 18.2 Å². The summed E-state index contributed by atoms with van der Waals surface area (Å²) in [6.45, 7) is 9.17. The summed E-state index contributed by atoms with van der Waals surface area (Å²) in [7, 11) is 3.67. The van der Waals surface area contributed by atoms with Crippen LogP contribution in [0.25, 0.3) is 0 Å². The van der Waals surface area contributed by atoms with Crippen LogP contribution in [0.4, 0.5) is 0 Å². The fourth-order valence-corrected chi connectivity index (χ4v) is 7.04. The molecule has 0 aliphatic carbocycles. The number of carbonyl (C=O) groups is 3. The Kier molecular flexibility index (Phi) is 17.5. The largest absolute Gasteiger partial charge is 0.461 e. The molecule has 0 spiro atoms. The quantitative estimate of drug-likeness (QED) is 0.185. The molecular formula is C41H58N2O9. The third-order valence-corrected chi connectivity index (χ3v) is 10.1. The SMILES string of the molecule is CC[C@H]1OC(=O)C[C@@H](O)[C@H](C)[C@@H](O[C@@H]2O[C@H](C)[C@@H](OC/C=C/Cc3ccccc3)[C@H](N(C)C)[C@H]2O)[C@@H](CC=O)C[C@@H](C)C(=O)/C=C/C(C)=C/[C@@H]1C#N. The van der Waals surface area contributed by atoms with E-state index in [0.717, 1.165) is 12.7 Å². The number of likely N-dealkylation sites (N-methyl/N-ethyl adjacent to an activating group) is 1. The Balaban J connectivity index is 1.89. The Morgan fingerprint density at radius 3 is 2.40 bits per heavy atom. The van der Waals surface area contributed by atoms with Crippen molar-refractivity contribution in [2.75, 3.05) is 20.7 Å². The van der Waals surface area contributed by atoms with Gasteiger partial charge in [0.05, 0.1) is 43.5 Å². The fraction of sp³-hybridized carbons (Fsp3) is 0.610. The minimum absolute atomic E-state index is 0.00469. The molecule has 2 heterocycles. The molecule has 3 rings (SSSR count). The van der Waals surface area contributed by atoms with Crippen molar-refractivity contribution in [3.63, 3.8) is 0 Å². The lowest BCUT2D eigenvalue weighted by Gasteiger charge is -2.48. The van der Waals surface area contributed by atoms with Gasteiger partial charge in [-0.15, -0.1) is 0 Å². The van der Waals surface area contributed by atoms with Gasteiger partial charge in [0.25, 0.3) is 0 Å². The van der Waals surface area contributed by atoms with Crippen LogP contribution >= 0.6 is 0 Å². The Morgan fingerprint density at radius 1 is 1.06 bits per heavy atom. The number of carbonyl (C=O) groups excluding carboxylic acids is 3. The van der Waals surface area contributed by atoms with Crippen LogP contribution in [-0.2, 0) is 39.8 Å². The minimum atomic E-state index is -1.28. The first-order valence-corrected chi connectivity index (χ1v) is 18.4. The van der Waals surface area contributed by atoms with Crippen LogP contribution in [-0.4, -0.2) is 103 Å². The molecule has 11 heteroatoms. The number of allylic oxidation sites excluding steroid dienone is 4. The average Bonchev–Trinajstić information content (AvgIpc) is 3.11. The lowest BCUT2D eigenvalue weighted by atomic mass is 9.79. The molecule has 2 aliphatic rings. The van der Waals surface area contributed by atoms with Gasteiger partial charge in [-0.25, -0.2) is 0 Å². The molecule has 1 aromatic carbocycles.